The van der Waals surface area contributed by atoms with E-state index in [1.807, 2.05) is 32.9 Å². The van der Waals surface area contributed by atoms with Crippen molar-refractivity contribution in [2.24, 2.45) is 0 Å². The number of carbonyl (C=O) groups excluding carboxylic acids is 2. The number of benzene rings is 4. The molecule has 2 spiro atoms. The molecular formula is C67H90N6O9. The minimum Gasteiger partial charge on any atom is -0.497 e. The smallest absolute Gasteiger partial charge is 0.325 e. The van der Waals surface area contributed by atoms with Gasteiger partial charge in [0.2, 0.25) is 0 Å². The van der Waals surface area contributed by atoms with Gasteiger partial charge in [0.15, 0.2) is 6.29 Å². The Labute approximate surface area is 487 Å². The monoisotopic (exact) mass is 1120 g/mol. The number of carbonyl (C=O) groups is 2. The molecule has 4 aromatic rings. The van der Waals surface area contributed by atoms with Crippen LogP contribution in [0.4, 0.5) is 9.59 Å². The van der Waals surface area contributed by atoms with Crippen LogP contribution in [0.5, 0.6) is 23.0 Å². The first-order valence-electron chi connectivity index (χ1n) is 29.8. The maximum atomic E-state index is 14.5. The highest BCUT2D eigenvalue weighted by Crippen LogP contribution is 2.53. The molecule has 0 saturated carbocycles. The van der Waals surface area contributed by atoms with E-state index in [0.717, 1.165) is 142 Å². The number of aliphatic hydroxyl groups excluding tert-OH is 1. The number of urea groups is 2. The number of methoxy groups -OCH3 is 4. The highest BCUT2D eigenvalue weighted by atomic mass is 16.7. The molecule has 82 heavy (non-hydrogen) atoms. The van der Waals surface area contributed by atoms with E-state index >= 15 is 0 Å². The number of amides is 4. The van der Waals surface area contributed by atoms with Crippen molar-refractivity contribution in [1.82, 2.24) is 29.4 Å². The molecule has 7 aliphatic rings. The summed E-state index contributed by atoms with van der Waals surface area (Å²) in [6.07, 6.45) is 11.0. The predicted molar refractivity (Wildman–Crippen MR) is 320 cm³/mol. The van der Waals surface area contributed by atoms with Crippen LogP contribution >= 0.6 is 0 Å². The molecule has 7 heterocycles. The van der Waals surface area contributed by atoms with Gasteiger partial charge in [0, 0.05) is 104 Å². The van der Waals surface area contributed by atoms with Crippen molar-refractivity contribution in [1.29, 1.82) is 0 Å². The van der Waals surface area contributed by atoms with E-state index in [1.165, 1.54) is 33.4 Å². The Balaban J connectivity index is 0.000000186. The number of hydrogen-bond donors (Lipinski definition) is 1. The molecule has 4 amide bonds. The lowest BCUT2D eigenvalue weighted by atomic mass is 9.77. The first-order valence-corrected chi connectivity index (χ1v) is 29.8. The number of allylic oxidation sites excluding steroid dienone is 2. The number of hydrogen-bond acceptors (Lipinski definition) is 11. The number of β-amino-alcohol motifs (C(OH)–C–C–N with tert-alkyl or cyclic N) is 1. The van der Waals surface area contributed by atoms with Crippen molar-refractivity contribution in [3.8, 4) is 23.0 Å². The van der Waals surface area contributed by atoms with Gasteiger partial charge in [0.25, 0.3) is 0 Å². The van der Waals surface area contributed by atoms with Crippen molar-refractivity contribution in [2.45, 2.75) is 155 Å². The summed E-state index contributed by atoms with van der Waals surface area (Å²) in [6.45, 7) is 25.9. The summed E-state index contributed by atoms with van der Waals surface area (Å²) in [5.41, 5.74) is 12.8. The van der Waals surface area contributed by atoms with E-state index in [1.54, 1.807) is 28.4 Å². The number of piperidine rings is 2. The van der Waals surface area contributed by atoms with Crippen LogP contribution in [-0.2, 0) is 46.5 Å². The molecule has 0 radical (unpaired) electrons. The van der Waals surface area contributed by atoms with Crippen LogP contribution in [0.3, 0.4) is 0 Å². The number of fused-ring (bicyclic) bond motifs is 6. The van der Waals surface area contributed by atoms with Gasteiger partial charge in [0.05, 0.1) is 65.8 Å². The van der Waals surface area contributed by atoms with Crippen molar-refractivity contribution in [2.75, 3.05) is 87.5 Å². The normalized spacial score (nSPS) is 21.6. The first kappa shape index (κ1) is 59.1. The Hall–Kier alpha value is -6.10. The van der Waals surface area contributed by atoms with Gasteiger partial charge in [-0.1, -0.05) is 98.5 Å². The molecule has 5 fully saturated rings. The molecule has 1 unspecified atom stereocenters. The van der Waals surface area contributed by atoms with Crippen LogP contribution in [0.1, 0.15) is 128 Å². The SMILES string of the molecule is COc1cc2c(c(OC)c1)C(C)(C)C=C1N(C2)C(=O)N(CCO)C12CCN(Cc1cc(C)cc(C)c1)CC2.COc1cc2c(c(OC)c1)C(C)(C)C=C1N(C2)C(=O)N(CCOC2CCCCO2)C12CCN(Cc1cc(C)cc(C)c1)CC2. The molecule has 15 heteroatoms. The zero-order valence-electron chi connectivity index (χ0n) is 51.0. The summed E-state index contributed by atoms with van der Waals surface area (Å²) >= 11 is 0. The van der Waals surface area contributed by atoms with Crippen LogP contribution < -0.4 is 18.9 Å². The maximum absolute atomic E-state index is 14.5. The molecule has 0 aromatic heterocycles. The van der Waals surface area contributed by atoms with Crippen LogP contribution in [0.15, 0.2) is 84.2 Å². The second-order valence-corrected chi connectivity index (χ2v) is 25.3. The second kappa shape index (κ2) is 23.9. The van der Waals surface area contributed by atoms with E-state index in [4.69, 9.17) is 28.4 Å². The Kier molecular flexibility index (Phi) is 17.2. The molecule has 0 bridgehead atoms. The molecule has 1 atom stereocenters. The summed E-state index contributed by atoms with van der Waals surface area (Å²) in [7, 11) is 6.72. The van der Waals surface area contributed by atoms with Crippen LogP contribution in [0.25, 0.3) is 0 Å². The third kappa shape index (κ3) is 11.5. The summed E-state index contributed by atoms with van der Waals surface area (Å²) < 4.78 is 34.9. The van der Waals surface area contributed by atoms with Gasteiger partial charge in [-0.05, 0) is 107 Å². The van der Waals surface area contributed by atoms with Gasteiger partial charge >= 0.3 is 12.1 Å². The van der Waals surface area contributed by atoms with Crippen molar-refractivity contribution < 1.29 is 43.1 Å². The number of ether oxygens (including phenoxy) is 6. The summed E-state index contributed by atoms with van der Waals surface area (Å²) in [5, 5.41) is 9.97. The van der Waals surface area contributed by atoms with E-state index < -0.39 is 11.1 Å². The van der Waals surface area contributed by atoms with Crippen molar-refractivity contribution >= 4 is 12.1 Å². The lowest BCUT2D eigenvalue weighted by molar-refractivity contribution is -0.164. The average Bonchev–Trinajstić information content (AvgIpc) is 3.63. The Morgan fingerprint density at radius 1 is 0.561 bits per heavy atom. The largest absolute Gasteiger partial charge is 0.497 e. The zero-order valence-corrected chi connectivity index (χ0v) is 51.0. The molecule has 11 rings (SSSR count). The quantitative estimate of drug-likeness (QED) is 0.130. The van der Waals surface area contributed by atoms with E-state index in [0.29, 0.717) is 38.5 Å². The lowest BCUT2D eigenvalue weighted by Crippen LogP contribution is -2.54. The summed E-state index contributed by atoms with van der Waals surface area (Å²) in [6, 6.07) is 21.6. The molecule has 442 valence electrons. The molecular weight excluding hydrogens is 1030 g/mol. The van der Waals surface area contributed by atoms with Gasteiger partial charge < -0.3 is 43.3 Å². The zero-order chi connectivity index (χ0) is 58.3. The fourth-order valence-corrected chi connectivity index (χ4v) is 15.0. The molecule has 0 aliphatic carbocycles. The Morgan fingerprint density at radius 2 is 0.988 bits per heavy atom. The predicted octanol–water partition coefficient (Wildman–Crippen LogP) is 11.1. The minimum atomic E-state index is -0.435. The molecule has 7 aliphatic heterocycles. The highest BCUT2D eigenvalue weighted by molar-refractivity contribution is 5.84. The summed E-state index contributed by atoms with van der Waals surface area (Å²) in [5.74, 6) is 3.02. The first-order chi connectivity index (χ1) is 39.2. The number of rotatable bonds is 14. The second-order valence-electron chi connectivity index (χ2n) is 25.3. The van der Waals surface area contributed by atoms with Crippen LogP contribution in [0, 0.1) is 27.7 Å². The number of aliphatic hydroxyl groups is 1. The van der Waals surface area contributed by atoms with Crippen molar-refractivity contribution in [3.63, 3.8) is 0 Å². The number of nitrogens with zero attached hydrogens (tertiary/aromatic N) is 6. The van der Waals surface area contributed by atoms with Gasteiger partial charge in [-0.15, -0.1) is 0 Å². The fraction of sp³-hybridized carbons (Fsp3) is 0.552. The van der Waals surface area contributed by atoms with Gasteiger partial charge in [0.1, 0.15) is 23.0 Å². The molecule has 15 nitrogen and oxygen atoms in total. The standard InChI is InChI=1S/C36H49N3O5.C31H41N3O4/c1-25-17-26(2)19-27(18-25)23-37-12-10-36(11-13-37)31-22-35(3,4)33-28(20-29(41-5)21-30(33)42-6)24-38(31)34(40)39(36)14-16-44-32-9-7-8-15-43-32;1-21-13-22(2)15-23(14-21)19-32-9-7-31(8-10-32)27-18-30(3,4)28-24(16-25(37-5)17-26(28)38-6)20-33(27)29(36)34(31)11-12-35/h17-22,32H,7-16,23-24H2,1-6H3;13-18,35H,7-12,19-20H2,1-6H3. The molecule has 1 N–H and O–H groups in total. The van der Waals surface area contributed by atoms with E-state index in [9.17, 15) is 14.7 Å². The third-order valence-electron chi connectivity index (χ3n) is 18.5. The van der Waals surface area contributed by atoms with E-state index in [-0.39, 0.29) is 35.8 Å². The fourth-order valence-electron chi connectivity index (χ4n) is 15.0. The summed E-state index contributed by atoms with van der Waals surface area (Å²) in [4.78, 5) is 41.5. The van der Waals surface area contributed by atoms with Crippen LogP contribution in [-0.4, -0.2) is 151 Å². The van der Waals surface area contributed by atoms with Gasteiger partial charge in [-0.2, -0.15) is 0 Å². The minimum absolute atomic E-state index is 0.0292. The average molecular weight is 1120 g/mol. The third-order valence-corrected chi connectivity index (χ3v) is 18.5. The molecule has 5 saturated heterocycles. The Bertz CT molecular complexity index is 3030. The number of likely N-dealkylation sites (tertiary alicyclic amines) is 2. The van der Waals surface area contributed by atoms with E-state index in [2.05, 4.69) is 125 Å². The van der Waals surface area contributed by atoms with Gasteiger partial charge in [-0.25, -0.2) is 9.59 Å². The number of aryl methyl sites for hydroxylation is 4. The van der Waals surface area contributed by atoms with Gasteiger partial charge in [-0.3, -0.25) is 19.6 Å². The lowest BCUT2D eigenvalue weighted by Gasteiger charge is -2.45. The Morgan fingerprint density at radius 3 is 1.37 bits per heavy atom. The highest BCUT2D eigenvalue weighted by Gasteiger charge is 2.58. The van der Waals surface area contributed by atoms with Crippen LogP contribution in [0.2, 0.25) is 0 Å². The topological polar surface area (TPSA) is 129 Å². The maximum Gasteiger partial charge on any atom is 0.325 e. The molecule has 4 aromatic carbocycles. The van der Waals surface area contributed by atoms with Crippen molar-refractivity contribution in [3.05, 3.63) is 140 Å².